The van der Waals surface area contributed by atoms with E-state index in [4.69, 9.17) is 40.6 Å². The molecule has 6 aromatic carbocycles. The number of H-pyrrole nitrogens is 4. The van der Waals surface area contributed by atoms with Gasteiger partial charge in [0.2, 0.25) is 23.8 Å². The van der Waals surface area contributed by atoms with E-state index in [2.05, 4.69) is 71.8 Å². The number of imidazole rings is 4. The van der Waals surface area contributed by atoms with Gasteiger partial charge in [0.05, 0.1) is 55.5 Å². The molecule has 6 aromatic heterocycles. The summed E-state index contributed by atoms with van der Waals surface area (Å²) in [7, 11) is 0. The molecule has 12 aromatic rings. The maximum Gasteiger partial charge on any atom is 0.208 e. The van der Waals surface area contributed by atoms with Crippen LogP contribution >= 0.6 is 0 Å². The largest absolute Gasteiger partial charge is 0.383 e. The van der Waals surface area contributed by atoms with Crippen molar-refractivity contribution in [3.8, 4) is 0 Å². The van der Waals surface area contributed by atoms with E-state index in [-0.39, 0.29) is 39.0 Å². The Labute approximate surface area is 491 Å². The Bertz CT molecular complexity index is 3730. The molecule has 0 saturated heterocycles. The number of nitrogens with one attached hydrogen (secondary N) is 10. The number of aromatic amines is 4. The van der Waals surface area contributed by atoms with Gasteiger partial charge in [0.15, 0.2) is 22.7 Å². The zero-order valence-corrected chi connectivity index (χ0v) is 49.3. The second-order valence-corrected chi connectivity index (χ2v) is 19.1. The first-order chi connectivity index (χ1) is 39.4. The Balaban J connectivity index is 0.000000150. The van der Waals surface area contributed by atoms with Crippen LogP contribution in [0.25, 0.3) is 54.8 Å². The van der Waals surface area contributed by atoms with E-state index in [9.17, 15) is 0 Å². The summed E-state index contributed by atoms with van der Waals surface area (Å²) >= 11 is 0. The van der Waals surface area contributed by atoms with Crippen molar-refractivity contribution >= 4 is 91.8 Å². The summed E-state index contributed by atoms with van der Waals surface area (Å²) in [5.74, 6) is 3.83. The van der Waals surface area contributed by atoms with Gasteiger partial charge in [-0.2, -0.15) is 0 Å². The molecule has 4 atom stereocenters. The fourth-order valence-corrected chi connectivity index (χ4v) is 10.6. The standard InChI is InChI=1S/2C29H22N11.2Zn/c2*1-2-10-18(11-3-1)28-29(23-16-8-9-17-30-23,39-26(37-28)35-24-31-19-12-4-5-13-20(19)32-24)40-27(38-28)36-25-33-21-14-6-7-15-22(21)34-25;;/h2*1-17H,(H5-,31,32,33,34,35,36,37,38,39,40);;/q2*-1;;/t2*28-,29+;;. The molecule has 0 bridgehead atoms. The van der Waals surface area contributed by atoms with Crippen LogP contribution in [0.15, 0.2) is 226 Å². The number of guanidine groups is 4. The van der Waals surface area contributed by atoms with Crippen LogP contribution < -0.4 is 31.9 Å². The summed E-state index contributed by atoms with van der Waals surface area (Å²) in [5.41, 5.74) is 5.28. The molecule has 0 unspecified atom stereocenters. The van der Waals surface area contributed by atoms with Gasteiger partial charge in [-0.25, -0.2) is 29.9 Å². The van der Waals surface area contributed by atoms with Crippen molar-refractivity contribution in [3.63, 3.8) is 0 Å². The van der Waals surface area contributed by atoms with Gasteiger partial charge in [-0.3, -0.25) is 20.6 Å². The average molecular weight is 1180 g/mol. The number of hydrogen-bond acceptors (Lipinski definition) is 16. The molecule has 22 nitrogen and oxygen atoms in total. The molecule has 0 fully saturated rings. The first-order valence-electron chi connectivity index (χ1n) is 25.6. The van der Waals surface area contributed by atoms with E-state index in [1.54, 1.807) is 12.4 Å². The van der Waals surface area contributed by atoms with Gasteiger partial charge in [-0.05, 0) is 83.9 Å². The molecule has 0 radical (unpaired) electrons. The van der Waals surface area contributed by atoms with Crippen LogP contribution in [0.4, 0.5) is 23.8 Å². The minimum Gasteiger partial charge on any atom is -0.383 e. The number of pyridine rings is 2. The number of fused-ring (bicyclic) bond motifs is 6. The maximum atomic E-state index is 5.14. The third kappa shape index (κ3) is 8.63. The van der Waals surface area contributed by atoms with Gasteiger partial charge in [-0.15, -0.1) is 0 Å². The van der Waals surface area contributed by atoms with Crippen LogP contribution in [0, 0.1) is 0 Å². The molecule has 0 saturated carbocycles. The SMILES string of the molecule is [Zn].[Zn].c1ccc([C@]23N=C(Nc4nc5ccccc5[nH]4)N[C@@]2(c2ccccn2)N=C(Nc2nc4ccccc4[nH]2)[N-]3)cc1.c1ccc([C@]23N=C(Nc4nc5ccccc5[nH]4)N[C@@]2(c2ccccn2)N=C(Nc2nc4ccccc4[nH]2)[N-]3)cc1. The van der Waals surface area contributed by atoms with Crippen LogP contribution in [0.3, 0.4) is 0 Å². The molecule has 4 aliphatic rings. The summed E-state index contributed by atoms with van der Waals surface area (Å²) in [6.45, 7) is 0. The van der Waals surface area contributed by atoms with Crippen LogP contribution in [0.2, 0.25) is 0 Å². The van der Waals surface area contributed by atoms with Gasteiger partial charge in [0.25, 0.3) is 0 Å². The van der Waals surface area contributed by atoms with Crippen LogP contribution in [-0.4, -0.2) is 73.7 Å². The Morgan fingerprint density at radius 1 is 0.329 bits per heavy atom. The maximum absolute atomic E-state index is 5.14. The molecule has 10 heterocycles. The summed E-state index contributed by atoms with van der Waals surface area (Å²) in [6, 6.07) is 62.6. The molecule has 0 amide bonds. The minimum absolute atomic E-state index is 0. The second-order valence-electron chi connectivity index (χ2n) is 19.1. The molecule has 10 N–H and O–H groups in total. The van der Waals surface area contributed by atoms with Crippen molar-refractivity contribution in [3.05, 3.63) is 240 Å². The Morgan fingerprint density at radius 3 is 0.976 bits per heavy atom. The normalized spacial score (nSPS) is 20.9. The third-order valence-electron chi connectivity index (χ3n) is 14.2. The molecule has 82 heavy (non-hydrogen) atoms. The third-order valence-corrected chi connectivity index (χ3v) is 14.2. The first-order valence-corrected chi connectivity index (χ1v) is 25.6. The van der Waals surface area contributed by atoms with E-state index in [1.807, 2.05) is 194 Å². The summed E-state index contributed by atoms with van der Waals surface area (Å²) in [4.78, 5) is 61.7. The van der Waals surface area contributed by atoms with Gasteiger partial charge in [0.1, 0.15) is 11.9 Å². The average Bonchev–Trinajstić information content (AvgIpc) is 2.57. The molecule has 4 aliphatic heterocycles. The molecule has 0 spiro atoms. The molecular weight excluding hydrogens is 1140 g/mol. The number of hydrogen-bond donors (Lipinski definition) is 10. The quantitative estimate of drug-likeness (QED) is 0.0637. The number of para-hydroxylation sites is 8. The zero-order chi connectivity index (χ0) is 53.1. The minimum atomic E-state index is -1.20. The number of aromatic nitrogens is 10. The van der Waals surface area contributed by atoms with Crippen LogP contribution in [0.1, 0.15) is 22.5 Å². The number of nitrogens with zero attached hydrogens (tertiary/aromatic N) is 12. The molecule has 24 heteroatoms. The van der Waals surface area contributed by atoms with Crippen molar-refractivity contribution in [2.24, 2.45) is 20.0 Å². The summed E-state index contributed by atoms with van der Waals surface area (Å²) in [6.07, 6.45) is 3.48. The van der Waals surface area contributed by atoms with E-state index < -0.39 is 22.7 Å². The molecule has 0 aliphatic carbocycles. The smallest absolute Gasteiger partial charge is 0.208 e. The van der Waals surface area contributed by atoms with Crippen LogP contribution in [0.5, 0.6) is 0 Å². The van der Waals surface area contributed by atoms with Crippen molar-refractivity contribution in [1.29, 1.82) is 0 Å². The molecule has 16 rings (SSSR count). The van der Waals surface area contributed by atoms with Crippen molar-refractivity contribution in [2.45, 2.75) is 22.7 Å². The zero-order valence-electron chi connectivity index (χ0n) is 43.4. The van der Waals surface area contributed by atoms with Gasteiger partial charge in [0, 0.05) is 63.3 Å². The van der Waals surface area contributed by atoms with Gasteiger partial charge >= 0.3 is 0 Å². The van der Waals surface area contributed by atoms with Gasteiger partial charge < -0.3 is 61.8 Å². The fraction of sp³-hybridized carbons (Fsp3) is 0.0690. The Kier molecular flexibility index (Phi) is 12.8. The fourth-order valence-electron chi connectivity index (χ4n) is 10.6. The van der Waals surface area contributed by atoms with Crippen molar-refractivity contribution in [1.82, 2.24) is 60.5 Å². The van der Waals surface area contributed by atoms with Gasteiger partial charge in [-0.1, -0.05) is 121 Å². The first kappa shape index (κ1) is 51.3. The van der Waals surface area contributed by atoms with E-state index in [0.717, 1.165) is 55.3 Å². The number of rotatable bonds is 8. The number of benzene rings is 6. The van der Waals surface area contributed by atoms with E-state index >= 15 is 0 Å². The topological polar surface area (TPSA) is 290 Å². The summed E-state index contributed by atoms with van der Waals surface area (Å²) < 4.78 is 0. The Hall–Kier alpha value is -10.2. The van der Waals surface area contributed by atoms with E-state index in [0.29, 0.717) is 59.0 Å². The predicted octanol–water partition coefficient (Wildman–Crippen LogP) is 9.53. The Morgan fingerprint density at radius 2 is 0.646 bits per heavy atom. The summed E-state index contributed by atoms with van der Waals surface area (Å²) in [5, 5.41) is 30.4. The van der Waals surface area contributed by atoms with Crippen molar-refractivity contribution in [2.75, 3.05) is 21.3 Å². The molecule has 392 valence electrons. The van der Waals surface area contributed by atoms with E-state index in [1.165, 1.54) is 0 Å². The number of aliphatic imine (C=N–C) groups is 4. The monoisotopic (exact) mass is 1180 g/mol. The molecular formula is C58H44N22Zn2-2. The number of anilines is 4. The van der Waals surface area contributed by atoms with Crippen LogP contribution in [-0.2, 0) is 61.6 Å². The van der Waals surface area contributed by atoms with Crippen molar-refractivity contribution < 1.29 is 39.0 Å². The predicted molar refractivity (Wildman–Crippen MR) is 310 cm³/mol. The second kappa shape index (κ2) is 20.5.